The molecule has 0 spiro atoms. The molecule has 0 bridgehead atoms. The van der Waals surface area contributed by atoms with E-state index in [1.54, 1.807) is 0 Å². The molecule has 0 unspecified atom stereocenters. The quantitative estimate of drug-likeness (QED) is 0.166. The molecule has 59 heavy (non-hydrogen) atoms. The van der Waals surface area contributed by atoms with E-state index in [0.717, 1.165) is 50.6 Å². The van der Waals surface area contributed by atoms with Gasteiger partial charge in [0.15, 0.2) is 0 Å². The van der Waals surface area contributed by atoms with Crippen LogP contribution in [0.3, 0.4) is 0 Å². The van der Waals surface area contributed by atoms with Gasteiger partial charge in [0.1, 0.15) is 11.5 Å². The lowest BCUT2D eigenvalue weighted by Gasteiger charge is -2.30. The summed E-state index contributed by atoms with van der Waals surface area (Å²) in [6.07, 6.45) is 0. The van der Waals surface area contributed by atoms with Crippen molar-refractivity contribution in [2.75, 3.05) is 4.90 Å². The van der Waals surface area contributed by atoms with Crippen molar-refractivity contribution in [1.29, 1.82) is 0 Å². The smallest absolute Gasteiger partial charge is 0.135 e. The predicted molar refractivity (Wildman–Crippen MR) is 248 cm³/mol. The molecule has 1 aliphatic heterocycles. The van der Waals surface area contributed by atoms with Crippen LogP contribution in [0, 0.1) is 0 Å². The Kier molecular flexibility index (Phi) is 7.31. The fourth-order valence-electron chi connectivity index (χ4n) is 9.98. The minimum absolute atomic E-state index is 0.150. The molecule has 278 valence electrons. The van der Waals surface area contributed by atoms with Crippen molar-refractivity contribution < 1.29 is 4.74 Å². The number of nitrogens with zero attached hydrogens (tertiary/aromatic N) is 1. The first kappa shape index (κ1) is 33.7. The number of rotatable bonds is 4. The second-order valence-corrected chi connectivity index (χ2v) is 16.5. The van der Waals surface area contributed by atoms with Crippen LogP contribution in [0.15, 0.2) is 200 Å². The maximum atomic E-state index is 7.06. The number of fused-ring (bicyclic) bond motifs is 12. The molecule has 0 amide bonds. The van der Waals surface area contributed by atoms with Crippen molar-refractivity contribution in [3.05, 3.63) is 211 Å². The summed E-state index contributed by atoms with van der Waals surface area (Å²) in [5.74, 6) is 1.70. The van der Waals surface area contributed by atoms with Gasteiger partial charge in [-0.05, 0) is 114 Å². The van der Waals surface area contributed by atoms with Crippen LogP contribution in [-0.4, -0.2) is 0 Å². The molecule has 0 saturated heterocycles. The third-order valence-corrected chi connectivity index (χ3v) is 12.8. The molecule has 2 nitrogen and oxygen atoms in total. The van der Waals surface area contributed by atoms with Crippen LogP contribution in [0.4, 0.5) is 17.1 Å². The lowest BCUT2D eigenvalue weighted by Crippen LogP contribution is -2.16. The highest BCUT2D eigenvalue weighted by molar-refractivity contribution is 6.15. The normalized spacial score (nSPS) is 13.2. The van der Waals surface area contributed by atoms with Crippen LogP contribution in [0.2, 0.25) is 0 Å². The Morgan fingerprint density at radius 3 is 1.85 bits per heavy atom. The van der Waals surface area contributed by atoms with Crippen molar-refractivity contribution >= 4 is 49.4 Å². The molecule has 0 fully saturated rings. The van der Waals surface area contributed by atoms with Gasteiger partial charge >= 0.3 is 0 Å². The minimum atomic E-state index is -0.150. The molecule has 0 saturated carbocycles. The number of benzene rings is 10. The van der Waals surface area contributed by atoms with Gasteiger partial charge in [0.2, 0.25) is 0 Å². The van der Waals surface area contributed by atoms with Gasteiger partial charge < -0.3 is 9.64 Å². The van der Waals surface area contributed by atoms with Gasteiger partial charge in [-0.25, -0.2) is 0 Å². The second-order valence-electron chi connectivity index (χ2n) is 16.5. The average Bonchev–Trinajstić information content (AvgIpc) is 3.42. The van der Waals surface area contributed by atoms with E-state index in [1.807, 2.05) is 0 Å². The summed E-state index contributed by atoms with van der Waals surface area (Å²) in [5.41, 5.74) is 15.3. The van der Waals surface area contributed by atoms with Gasteiger partial charge in [-0.15, -0.1) is 0 Å². The third-order valence-electron chi connectivity index (χ3n) is 12.8. The Balaban J connectivity index is 1.14. The van der Waals surface area contributed by atoms with E-state index in [2.05, 4.69) is 219 Å². The van der Waals surface area contributed by atoms with E-state index in [1.165, 1.54) is 65.9 Å². The first-order chi connectivity index (χ1) is 29.0. The standard InChI is InChI=1S/C57H39NO/c1-57(2)51-26-13-12-22-45(51)46-29-27-41(35-52(46)57)58(53-32-39-19-8-9-20-42(39)44-21-10-11-23-47(44)53)40-28-30-54-49(34-40)48-25-14-24-43(36-15-4-3-5-16-36)56(48)50-31-37-17-6-7-18-38(37)33-55(50)59-54/h3-35H,1-2H3. The first-order valence-electron chi connectivity index (χ1n) is 20.5. The van der Waals surface area contributed by atoms with E-state index in [0.29, 0.717) is 0 Å². The zero-order chi connectivity index (χ0) is 39.2. The fraction of sp³-hybridized carbons (Fsp3) is 0.0526. The molecular weight excluding hydrogens is 715 g/mol. The predicted octanol–water partition coefficient (Wildman–Crippen LogP) is 16.0. The highest BCUT2D eigenvalue weighted by atomic mass is 16.5. The highest BCUT2D eigenvalue weighted by Gasteiger charge is 2.36. The molecule has 0 radical (unpaired) electrons. The maximum Gasteiger partial charge on any atom is 0.135 e. The molecular formula is C57H39NO. The molecule has 0 aromatic heterocycles. The molecule has 12 rings (SSSR count). The van der Waals surface area contributed by atoms with Crippen LogP contribution in [0.1, 0.15) is 25.0 Å². The van der Waals surface area contributed by atoms with Gasteiger partial charge in [0.25, 0.3) is 0 Å². The Morgan fingerprint density at radius 2 is 1.00 bits per heavy atom. The van der Waals surface area contributed by atoms with Crippen molar-refractivity contribution in [2.24, 2.45) is 0 Å². The van der Waals surface area contributed by atoms with E-state index in [-0.39, 0.29) is 5.41 Å². The van der Waals surface area contributed by atoms with Crippen molar-refractivity contribution in [3.63, 3.8) is 0 Å². The van der Waals surface area contributed by atoms with Crippen LogP contribution >= 0.6 is 0 Å². The topological polar surface area (TPSA) is 12.5 Å². The van der Waals surface area contributed by atoms with Gasteiger partial charge in [-0.3, -0.25) is 0 Å². The van der Waals surface area contributed by atoms with Gasteiger partial charge in [0, 0.05) is 38.9 Å². The van der Waals surface area contributed by atoms with Crippen LogP contribution in [0.25, 0.3) is 76.8 Å². The molecule has 2 heteroatoms. The zero-order valence-corrected chi connectivity index (χ0v) is 32.9. The molecule has 10 aromatic carbocycles. The van der Waals surface area contributed by atoms with E-state index in [4.69, 9.17) is 4.74 Å². The largest absolute Gasteiger partial charge is 0.456 e. The number of hydrogen-bond donors (Lipinski definition) is 0. The molecule has 1 aliphatic carbocycles. The second kappa shape index (κ2) is 12.8. The Bertz CT molecular complexity index is 3340. The monoisotopic (exact) mass is 753 g/mol. The summed E-state index contributed by atoms with van der Waals surface area (Å²) in [6, 6.07) is 73.2. The molecule has 10 aromatic rings. The van der Waals surface area contributed by atoms with Gasteiger partial charge in [-0.1, -0.05) is 166 Å². The SMILES string of the molecule is CC1(C)c2ccccc2-c2ccc(N(c3ccc4c(c3)-c3cccc(-c5ccccc5)c3-c3cc5ccccc5cc3O4)c3cc4ccccc4c4ccccc34)cc21. The van der Waals surface area contributed by atoms with E-state index in [9.17, 15) is 0 Å². The fourth-order valence-corrected chi connectivity index (χ4v) is 9.98. The summed E-state index contributed by atoms with van der Waals surface area (Å²) < 4.78 is 7.06. The van der Waals surface area contributed by atoms with E-state index >= 15 is 0 Å². The molecule has 0 N–H and O–H groups in total. The number of anilines is 3. The summed E-state index contributed by atoms with van der Waals surface area (Å²) in [6.45, 7) is 4.72. The Labute approximate surface area is 344 Å². The van der Waals surface area contributed by atoms with Crippen molar-refractivity contribution in [3.8, 4) is 56.0 Å². The number of hydrogen-bond acceptors (Lipinski definition) is 2. The lowest BCUT2D eigenvalue weighted by molar-refractivity contribution is 0.488. The van der Waals surface area contributed by atoms with Crippen LogP contribution in [-0.2, 0) is 5.41 Å². The van der Waals surface area contributed by atoms with Crippen LogP contribution in [0.5, 0.6) is 11.5 Å². The zero-order valence-electron chi connectivity index (χ0n) is 32.9. The average molecular weight is 754 g/mol. The minimum Gasteiger partial charge on any atom is -0.456 e. The summed E-state index contributed by atoms with van der Waals surface area (Å²) in [4.78, 5) is 2.47. The molecule has 0 atom stereocenters. The summed E-state index contributed by atoms with van der Waals surface area (Å²) in [7, 11) is 0. The van der Waals surface area contributed by atoms with Crippen molar-refractivity contribution in [2.45, 2.75) is 19.3 Å². The molecule has 2 aliphatic rings. The van der Waals surface area contributed by atoms with Gasteiger partial charge in [0.05, 0.1) is 5.69 Å². The Morgan fingerprint density at radius 1 is 0.373 bits per heavy atom. The summed E-state index contributed by atoms with van der Waals surface area (Å²) in [5, 5.41) is 7.23. The summed E-state index contributed by atoms with van der Waals surface area (Å²) >= 11 is 0. The maximum absolute atomic E-state index is 7.06. The van der Waals surface area contributed by atoms with E-state index < -0.39 is 0 Å². The van der Waals surface area contributed by atoms with Gasteiger partial charge in [-0.2, -0.15) is 0 Å². The highest BCUT2D eigenvalue weighted by Crippen LogP contribution is 2.55. The van der Waals surface area contributed by atoms with Crippen LogP contribution < -0.4 is 9.64 Å². The Hall–Kier alpha value is -7.42. The molecule has 1 heterocycles. The lowest BCUT2D eigenvalue weighted by atomic mass is 9.82. The third kappa shape index (κ3) is 5.13. The van der Waals surface area contributed by atoms with Crippen molar-refractivity contribution in [1.82, 2.24) is 0 Å². The number of ether oxygens (including phenoxy) is 1. The first-order valence-corrected chi connectivity index (χ1v) is 20.5.